The molecule has 164 valence electrons. The molecule has 2 aromatic carbocycles. The summed E-state index contributed by atoms with van der Waals surface area (Å²) >= 11 is 0. The number of carboxylic acid groups (broad SMARTS) is 2. The minimum absolute atomic E-state index is 0.284. The maximum absolute atomic E-state index is 12.8. The Balaban J connectivity index is 1.72. The van der Waals surface area contributed by atoms with Crippen LogP contribution in [-0.2, 0) is 20.8 Å². The van der Waals surface area contributed by atoms with E-state index in [1.807, 2.05) is 54.6 Å². The van der Waals surface area contributed by atoms with E-state index >= 15 is 0 Å². The molecule has 1 fully saturated rings. The van der Waals surface area contributed by atoms with Crippen molar-refractivity contribution in [3.63, 3.8) is 0 Å². The van der Waals surface area contributed by atoms with Gasteiger partial charge in [0.25, 0.3) is 0 Å². The lowest BCUT2D eigenvalue weighted by molar-refractivity contribution is -0.146. The summed E-state index contributed by atoms with van der Waals surface area (Å²) in [5.74, 6) is -3.98. The molecule has 2 aromatic rings. The number of benzene rings is 2. The van der Waals surface area contributed by atoms with Crippen molar-refractivity contribution in [3.05, 3.63) is 60.2 Å². The van der Waals surface area contributed by atoms with Gasteiger partial charge in [-0.15, -0.1) is 0 Å². The Bertz CT molecular complexity index is 909. The first-order valence-corrected chi connectivity index (χ1v) is 10.8. The Morgan fingerprint density at radius 2 is 1.55 bits per heavy atom. The highest BCUT2D eigenvalue weighted by Crippen LogP contribution is 2.32. The van der Waals surface area contributed by atoms with Crippen molar-refractivity contribution < 1.29 is 24.6 Å². The predicted octanol–water partition coefficient (Wildman–Crippen LogP) is 3.99. The number of hydrogen-bond donors (Lipinski definition) is 3. The van der Waals surface area contributed by atoms with Crippen molar-refractivity contribution in [1.29, 1.82) is 0 Å². The zero-order chi connectivity index (χ0) is 22.4. The molecule has 0 unspecified atom stereocenters. The molecule has 3 N–H and O–H groups in total. The molecule has 6 heteroatoms. The Hall–Kier alpha value is -3.15. The maximum atomic E-state index is 12.8. The largest absolute Gasteiger partial charge is 0.481 e. The third kappa shape index (κ3) is 5.94. The van der Waals surface area contributed by atoms with Gasteiger partial charge in [-0.1, -0.05) is 67.9 Å². The fourth-order valence-corrected chi connectivity index (χ4v) is 4.35. The summed E-state index contributed by atoms with van der Waals surface area (Å²) in [6.07, 6.45) is 2.54. The topological polar surface area (TPSA) is 104 Å². The lowest BCUT2D eigenvalue weighted by Gasteiger charge is -2.24. The summed E-state index contributed by atoms with van der Waals surface area (Å²) < 4.78 is 0. The van der Waals surface area contributed by atoms with Crippen LogP contribution in [0.3, 0.4) is 0 Å². The number of aliphatic carboxylic acids is 2. The smallest absolute Gasteiger partial charge is 0.307 e. The third-order valence-corrected chi connectivity index (χ3v) is 6.12. The lowest BCUT2D eigenvalue weighted by Crippen LogP contribution is -2.43. The van der Waals surface area contributed by atoms with Crippen molar-refractivity contribution in [2.75, 3.05) is 0 Å². The number of carboxylic acids is 2. The van der Waals surface area contributed by atoms with Gasteiger partial charge in [-0.25, -0.2) is 0 Å². The van der Waals surface area contributed by atoms with Gasteiger partial charge in [0.1, 0.15) is 0 Å². The number of amides is 1. The van der Waals surface area contributed by atoms with Crippen molar-refractivity contribution >= 4 is 17.8 Å². The van der Waals surface area contributed by atoms with Crippen molar-refractivity contribution in [2.24, 2.45) is 17.8 Å². The number of carbonyl (C=O) groups excluding carboxylic acids is 1. The van der Waals surface area contributed by atoms with E-state index in [9.17, 15) is 24.6 Å². The molecule has 0 saturated heterocycles. The van der Waals surface area contributed by atoms with E-state index < -0.39 is 29.7 Å². The highest BCUT2D eigenvalue weighted by Gasteiger charge is 2.38. The molecule has 6 nitrogen and oxygen atoms in total. The summed E-state index contributed by atoms with van der Waals surface area (Å²) in [4.78, 5) is 35.7. The van der Waals surface area contributed by atoms with Gasteiger partial charge in [-0.2, -0.15) is 0 Å². The molecular formula is C25H29NO5. The Labute approximate surface area is 182 Å². The van der Waals surface area contributed by atoms with Crippen LogP contribution in [0.15, 0.2) is 54.6 Å². The molecule has 1 aliphatic rings. The van der Waals surface area contributed by atoms with Crippen LogP contribution in [0.4, 0.5) is 0 Å². The Morgan fingerprint density at radius 3 is 2.16 bits per heavy atom. The second-order valence-corrected chi connectivity index (χ2v) is 8.43. The normalized spacial score (nSPS) is 20.0. The zero-order valence-corrected chi connectivity index (χ0v) is 17.7. The maximum Gasteiger partial charge on any atom is 0.307 e. The average Bonchev–Trinajstić information content (AvgIpc) is 3.25. The lowest BCUT2D eigenvalue weighted by atomic mass is 9.92. The Kier molecular flexibility index (Phi) is 7.45. The molecule has 0 heterocycles. The van der Waals surface area contributed by atoms with Gasteiger partial charge in [0.15, 0.2) is 0 Å². The number of nitrogens with one attached hydrogen (secondary N) is 1. The van der Waals surface area contributed by atoms with E-state index in [0.717, 1.165) is 16.7 Å². The second kappa shape index (κ2) is 10.2. The van der Waals surface area contributed by atoms with Crippen LogP contribution in [0.1, 0.15) is 38.2 Å². The molecular weight excluding hydrogens is 394 g/mol. The molecule has 0 radical (unpaired) electrons. The van der Waals surface area contributed by atoms with Crippen molar-refractivity contribution in [1.82, 2.24) is 5.32 Å². The first-order valence-electron chi connectivity index (χ1n) is 10.8. The van der Waals surface area contributed by atoms with Crippen LogP contribution in [0.5, 0.6) is 0 Å². The minimum Gasteiger partial charge on any atom is -0.481 e. The van der Waals surface area contributed by atoms with E-state index in [0.29, 0.717) is 25.7 Å². The fraction of sp³-hybridized carbons (Fsp3) is 0.400. The summed E-state index contributed by atoms with van der Waals surface area (Å²) in [7, 11) is 0. The van der Waals surface area contributed by atoms with E-state index in [4.69, 9.17) is 0 Å². The molecule has 31 heavy (non-hydrogen) atoms. The SMILES string of the molecule is C[C@H](C[C@@H](Cc1ccc(-c2ccccc2)cc1)NC(=O)[C@H]1CCC[C@H]1C(=O)O)C(=O)O. The monoisotopic (exact) mass is 423 g/mol. The molecule has 0 bridgehead atoms. The van der Waals surface area contributed by atoms with Crippen LogP contribution >= 0.6 is 0 Å². The van der Waals surface area contributed by atoms with Crippen molar-refractivity contribution in [2.45, 2.75) is 45.1 Å². The van der Waals surface area contributed by atoms with Gasteiger partial charge in [0.05, 0.1) is 17.8 Å². The molecule has 1 amide bonds. The van der Waals surface area contributed by atoms with Gasteiger partial charge >= 0.3 is 11.9 Å². The number of rotatable bonds is 9. The number of carbonyl (C=O) groups is 3. The average molecular weight is 424 g/mol. The Morgan fingerprint density at radius 1 is 0.935 bits per heavy atom. The highest BCUT2D eigenvalue weighted by molar-refractivity contribution is 5.85. The van der Waals surface area contributed by atoms with E-state index in [1.165, 1.54) is 0 Å². The molecule has 1 saturated carbocycles. The minimum atomic E-state index is -0.940. The van der Waals surface area contributed by atoms with Crippen LogP contribution in [0.25, 0.3) is 11.1 Å². The third-order valence-electron chi connectivity index (χ3n) is 6.12. The van der Waals surface area contributed by atoms with Crippen molar-refractivity contribution in [3.8, 4) is 11.1 Å². The molecule has 1 aliphatic carbocycles. The zero-order valence-electron chi connectivity index (χ0n) is 17.7. The second-order valence-electron chi connectivity index (χ2n) is 8.43. The van der Waals surface area contributed by atoms with Crippen LogP contribution in [0, 0.1) is 17.8 Å². The van der Waals surface area contributed by atoms with Gasteiger partial charge in [0.2, 0.25) is 5.91 Å². The van der Waals surface area contributed by atoms with Gasteiger partial charge in [-0.05, 0) is 42.4 Å². The highest BCUT2D eigenvalue weighted by atomic mass is 16.4. The fourth-order valence-electron chi connectivity index (χ4n) is 4.35. The number of hydrogen-bond acceptors (Lipinski definition) is 3. The van der Waals surface area contributed by atoms with Crippen LogP contribution < -0.4 is 5.32 Å². The molecule has 0 aliphatic heterocycles. The molecule has 0 aromatic heterocycles. The predicted molar refractivity (Wildman–Crippen MR) is 117 cm³/mol. The van der Waals surface area contributed by atoms with Gasteiger partial charge in [-0.3, -0.25) is 14.4 Å². The first-order chi connectivity index (χ1) is 14.8. The van der Waals surface area contributed by atoms with Crippen LogP contribution in [-0.4, -0.2) is 34.1 Å². The molecule has 4 atom stereocenters. The van der Waals surface area contributed by atoms with E-state index in [2.05, 4.69) is 5.32 Å². The standard InChI is InChI=1S/C25H29NO5/c1-16(24(28)29)14-20(26-23(27)21-8-5-9-22(21)25(30)31)15-17-10-12-19(13-11-17)18-6-3-2-4-7-18/h2-4,6-7,10-13,16,20-22H,5,8-9,14-15H2,1H3,(H,26,27)(H,28,29)(H,30,31)/t16-,20+,21+,22-/m1/s1. The van der Waals surface area contributed by atoms with E-state index in [-0.39, 0.29) is 18.4 Å². The summed E-state index contributed by atoms with van der Waals surface area (Å²) in [6, 6.07) is 17.6. The van der Waals surface area contributed by atoms with E-state index in [1.54, 1.807) is 6.92 Å². The summed E-state index contributed by atoms with van der Waals surface area (Å²) in [5, 5.41) is 21.7. The summed E-state index contributed by atoms with van der Waals surface area (Å²) in [6.45, 7) is 1.62. The van der Waals surface area contributed by atoms with Gasteiger partial charge < -0.3 is 15.5 Å². The molecule has 0 spiro atoms. The van der Waals surface area contributed by atoms with Crippen LogP contribution in [0.2, 0.25) is 0 Å². The summed E-state index contributed by atoms with van der Waals surface area (Å²) in [5.41, 5.74) is 3.18. The quantitative estimate of drug-likeness (QED) is 0.566. The first kappa shape index (κ1) is 22.5. The van der Waals surface area contributed by atoms with Gasteiger partial charge in [0, 0.05) is 6.04 Å². The molecule has 3 rings (SSSR count).